The molecule has 0 bridgehead atoms. The Morgan fingerprint density at radius 3 is 2.62 bits per heavy atom. The second kappa shape index (κ2) is 8.16. The molecule has 0 spiro atoms. The van der Waals surface area contributed by atoms with Gasteiger partial charge < -0.3 is 5.32 Å². The third-order valence-corrected chi connectivity index (χ3v) is 3.21. The van der Waals surface area contributed by atoms with Crippen molar-refractivity contribution in [1.82, 2.24) is 10.7 Å². The molecule has 0 atom stereocenters. The van der Waals surface area contributed by atoms with Crippen LogP contribution in [-0.2, 0) is 4.79 Å². The van der Waals surface area contributed by atoms with E-state index in [1.165, 1.54) is 36.4 Å². The van der Waals surface area contributed by atoms with Crippen LogP contribution >= 0.6 is 11.6 Å². The van der Waals surface area contributed by atoms with Crippen LogP contribution in [0.5, 0.6) is 0 Å². The van der Waals surface area contributed by atoms with Crippen LogP contribution in [0.4, 0.5) is 8.78 Å². The molecule has 0 heterocycles. The number of hydrazone groups is 1. The zero-order valence-electron chi connectivity index (χ0n) is 12.2. The number of nitrogens with one attached hydrogen (secondary N) is 2. The lowest BCUT2D eigenvalue weighted by molar-refractivity contribution is -0.120. The summed E-state index contributed by atoms with van der Waals surface area (Å²) in [5, 5.41) is 6.02. The highest BCUT2D eigenvalue weighted by atomic mass is 35.5. The summed E-state index contributed by atoms with van der Waals surface area (Å²) in [6.45, 7) is -0.377. The number of hydrogen-bond acceptors (Lipinski definition) is 3. The molecule has 24 heavy (non-hydrogen) atoms. The van der Waals surface area contributed by atoms with E-state index in [2.05, 4.69) is 15.8 Å². The molecule has 0 aromatic heterocycles. The predicted octanol–water partition coefficient (Wildman–Crippen LogP) is 2.50. The molecule has 0 aliphatic carbocycles. The van der Waals surface area contributed by atoms with Crippen molar-refractivity contribution in [1.29, 1.82) is 0 Å². The van der Waals surface area contributed by atoms with E-state index < -0.39 is 23.4 Å². The first kappa shape index (κ1) is 17.6. The molecule has 0 fully saturated rings. The van der Waals surface area contributed by atoms with Gasteiger partial charge in [0, 0.05) is 11.1 Å². The van der Waals surface area contributed by atoms with Crippen LogP contribution in [0.2, 0.25) is 5.02 Å². The zero-order chi connectivity index (χ0) is 17.5. The summed E-state index contributed by atoms with van der Waals surface area (Å²) in [6.07, 6.45) is 1.06. The van der Waals surface area contributed by atoms with Gasteiger partial charge in [-0.2, -0.15) is 5.10 Å². The van der Waals surface area contributed by atoms with Crippen LogP contribution in [0.15, 0.2) is 47.6 Å². The van der Waals surface area contributed by atoms with E-state index >= 15 is 0 Å². The highest BCUT2D eigenvalue weighted by molar-refractivity contribution is 6.33. The van der Waals surface area contributed by atoms with Gasteiger partial charge >= 0.3 is 0 Å². The smallest absolute Gasteiger partial charge is 0.259 e. The van der Waals surface area contributed by atoms with Crippen molar-refractivity contribution < 1.29 is 18.4 Å². The molecule has 0 unspecified atom stereocenters. The quantitative estimate of drug-likeness (QED) is 0.642. The molecule has 2 rings (SSSR count). The first-order valence-electron chi connectivity index (χ1n) is 6.77. The molecule has 0 saturated heterocycles. The third kappa shape index (κ3) is 4.85. The van der Waals surface area contributed by atoms with Crippen LogP contribution in [0.25, 0.3) is 0 Å². The van der Waals surface area contributed by atoms with Crippen LogP contribution in [0.3, 0.4) is 0 Å². The Balaban J connectivity index is 1.85. The van der Waals surface area contributed by atoms with Crippen LogP contribution < -0.4 is 10.7 Å². The summed E-state index contributed by atoms with van der Waals surface area (Å²) < 4.78 is 26.5. The molecule has 5 nitrogen and oxygen atoms in total. The van der Waals surface area contributed by atoms with Gasteiger partial charge in [0.25, 0.3) is 11.8 Å². The molecule has 0 saturated carbocycles. The van der Waals surface area contributed by atoms with Crippen LogP contribution in [0.1, 0.15) is 15.9 Å². The topological polar surface area (TPSA) is 70.6 Å². The molecule has 0 aliphatic rings. The van der Waals surface area contributed by atoms with Crippen molar-refractivity contribution in [2.24, 2.45) is 5.10 Å². The Bertz CT molecular complexity index is 776. The van der Waals surface area contributed by atoms with Crippen molar-refractivity contribution in [3.63, 3.8) is 0 Å². The summed E-state index contributed by atoms with van der Waals surface area (Å²) in [5.74, 6) is -2.38. The van der Waals surface area contributed by atoms with E-state index in [9.17, 15) is 18.4 Å². The van der Waals surface area contributed by atoms with Crippen molar-refractivity contribution in [3.8, 4) is 0 Å². The molecule has 0 aliphatic heterocycles. The van der Waals surface area contributed by atoms with Crippen molar-refractivity contribution in [3.05, 3.63) is 70.2 Å². The Labute approximate surface area is 141 Å². The minimum atomic E-state index is -0.636. The first-order chi connectivity index (χ1) is 11.5. The van der Waals surface area contributed by atoms with Gasteiger partial charge in [0.15, 0.2) is 0 Å². The summed E-state index contributed by atoms with van der Waals surface area (Å²) in [7, 11) is 0. The maximum Gasteiger partial charge on any atom is 0.259 e. The fourth-order valence-electron chi connectivity index (χ4n) is 1.73. The van der Waals surface area contributed by atoms with Gasteiger partial charge in [-0.1, -0.05) is 23.7 Å². The predicted molar refractivity (Wildman–Crippen MR) is 85.9 cm³/mol. The van der Waals surface area contributed by atoms with Gasteiger partial charge in [-0.05, 0) is 30.3 Å². The molecule has 0 radical (unpaired) electrons. The van der Waals surface area contributed by atoms with E-state index in [4.69, 9.17) is 11.6 Å². The van der Waals surface area contributed by atoms with Gasteiger partial charge in [0.05, 0.1) is 17.8 Å². The van der Waals surface area contributed by atoms with Gasteiger partial charge in [-0.3, -0.25) is 9.59 Å². The molecule has 2 aromatic carbocycles. The Morgan fingerprint density at radius 2 is 1.92 bits per heavy atom. The molecule has 8 heteroatoms. The summed E-state index contributed by atoms with van der Waals surface area (Å²) >= 11 is 5.80. The molecular formula is C16H12ClF2N3O2. The lowest BCUT2D eigenvalue weighted by Crippen LogP contribution is -2.34. The molecular weight excluding hydrogens is 340 g/mol. The van der Waals surface area contributed by atoms with E-state index in [-0.39, 0.29) is 22.7 Å². The number of amides is 2. The highest BCUT2D eigenvalue weighted by Crippen LogP contribution is 2.16. The average molecular weight is 352 g/mol. The zero-order valence-corrected chi connectivity index (χ0v) is 13.0. The SMILES string of the molecule is O=C(CNC(=O)c1cccc(F)c1)N/N=C/c1c(F)cccc1Cl. The van der Waals surface area contributed by atoms with Crippen LogP contribution in [0, 0.1) is 11.6 Å². The normalized spacial score (nSPS) is 10.6. The summed E-state index contributed by atoms with van der Waals surface area (Å²) in [5.41, 5.74) is 2.24. The molecule has 2 amide bonds. The third-order valence-electron chi connectivity index (χ3n) is 2.88. The number of hydrogen-bond donors (Lipinski definition) is 2. The Kier molecular flexibility index (Phi) is 5.97. The number of carbonyl (C=O) groups excluding carboxylic acids is 2. The number of benzene rings is 2. The summed E-state index contributed by atoms with van der Waals surface area (Å²) in [4.78, 5) is 23.3. The highest BCUT2D eigenvalue weighted by Gasteiger charge is 2.08. The fourth-order valence-corrected chi connectivity index (χ4v) is 1.95. The Morgan fingerprint density at radius 1 is 1.17 bits per heavy atom. The van der Waals surface area contributed by atoms with Gasteiger partial charge in [0.1, 0.15) is 11.6 Å². The maximum absolute atomic E-state index is 13.5. The minimum absolute atomic E-state index is 0.0308. The van der Waals surface area contributed by atoms with E-state index in [1.807, 2.05) is 0 Å². The number of nitrogens with zero attached hydrogens (tertiary/aromatic N) is 1. The van der Waals surface area contributed by atoms with E-state index in [1.54, 1.807) is 0 Å². The molecule has 2 N–H and O–H groups in total. The minimum Gasteiger partial charge on any atom is -0.343 e. The average Bonchev–Trinajstić information content (AvgIpc) is 2.55. The van der Waals surface area contributed by atoms with Gasteiger partial charge in [-0.25, -0.2) is 14.2 Å². The standard InChI is InChI=1S/C16H12ClF2N3O2/c17-13-5-2-6-14(19)12(13)8-21-22-15(23)9-20-16(24)10-3-1-4-11(18)7-10/h1-8H,9H2,(H,20,24)(H,22,23)/b21-8+. The van der Waals surface area contributed by atoms with Crippen molar-refractivity contribution in [2.75, 3.05) is 6.54 Å². The van der Waals surface area contributed by atoms with Crippen molar-refractivity contribution >= 4 is 29.6 Å². The largest absolute Gasteiger partial charge is 0.343 e. The second-order valence-corrected chi connectivity index (χ2v) is 5.03. The monoisotopic (exact) mass is 351 g/mol. The van der Waals surface area contributed by atoms with Gasteiger partial charge in [-0.15, -0.1) is 0 Å². The van der Waals surface area contributed by atoms with E-state index in [0.29, 0.717) is 0 Å². The fraction of sp³-hybridized carbons (Fsp3) is 0.0625. The first-order valence-corrected chi connectivity index (χ1v) is 7.15. The number of halogens is 3. The van der Waals surface area contributed by atoms with Gasteiger partial charge in [0.2, 0.25) is 0 Å². The molecule has 124 valence electrons. The van der Waals surface area contributed by atoms with E-state index in [0.717, 1.165) is 12.3 Å². The van der Waals surface area contributed by atoms with Crippen molar-refractivity contribution in [2.45, 2.75) is 0 Å². The lowest BCUT2D eigenvalue weighted by atomic mass is 10.2. The summed E-state index contributed by atoms with van der Waals surface area (Å²) in [6, 6.07) is 9.16. The lowest BCUT2D eigenvalue weighted by Gasteiger charge is -2.04. The second-order valence-electron chi connectivity index (χ2n) is 4.62. The Hall–Kier alpha value is -2.80. The maximum atomic E-state index is 13.5. The number of rotatable bonds is 5. The molecule has 2 aromatic rings. The number of carbonyl (C=O) groups is 2. The van der Waals surface area contributed by atoms with Crippen LogP contribution in [-0.4, -0.2) is 24.6 Å².